The minimum atomic E-state index is -0.0975. The summed E-state index contributed by atoms with van der Waals surface area (Å²) < 4.78 is 0. The first kappa shape index (κ1) is 14.8. The zero-order valence-corrected chi connectivity index (χ0v) is 12.5. The van der Waals surface area contributed by atoms with E-state index in [0.717, 1.165) is 18.0 Å². The van der Waals surface area contributed by atoms with Gasteiger partial charge >= 0.3 is 0 Å². The Morgan fingerprint density at radius 1 is 1.35 bits per heavy atom. The molecule has 20 heavy (non-hydrogen) atoms. The van der Waals surface area contributed by atoms with Crippen molar-refractivity contribution >= 4 is 11.8 Å². The third-order valence-electron chi connectivity index (χ3n) is 2.89. The van der Waals surface area contributed by atoms with Gasteiger partial charge in [0.1, 0.15) is 0 Å². The summed E-state index contributed by atoms with van der Waals surface area (Å²) in [7, 11) is 0. The second-order valence-corrected chi connectivity index (χ2v) is 5.53. The number of aryl methyl sites for hydroxylation is 1. The van der Waals surface area contributed by atoms with E-state index in [1.807, 2.05) is 25.1 Å². The van der Waals surface area contributed by atoms with E-state index in [4.69, 9.17) is 0 Å². The molecule has 1 aromatic heterocycles. The Kier molecular flexibility index (Phi) is 5.38. The third kappa shape index (κ3) is 4.21. The first-order chi connectivity index (χ1) is 9.69. The highest BCUT2D eigenvalue weighted by molar-refractivity contribution is 7.99. The van der Waals surface area contributed by atoms with Gasteiger partial charge in [0.15, 0.2) is 5.16 Å². The van der Waals surface area contributed by atoms with Crippen molar-refractivity contribution in [3.05, 3.63) is 58.0 Å². The van der Waals surface area contributed by atoms with Crippen molar-refractivity contribution < 1.29 is 0 Å². The normalized spacial score (nSPS) is 12.3. The van der Waals surface area contributed by atoms with E-state index in [2.05, 4.69) is 34.3 Å². The van der Waals surface area contributed by atoms with Crippen molar-refractivity contribution in [2.24, 2.45) is 0 Å². The van der Waals surface area contributed by atoms with Gasteiger partial charge in [-0.2, -0.15) is 0 Å². The molecule has 0 bridgehead atoms. The van der Waals surface area contributed by atoms with Crippen molar-refractivity contribution in [1.29, 1.82) is 0 Å². The van der Waals surface area contributed by atoms with E-state index in [0.29, 0.717) is 5.16 Å². The number of aromatic amines is 1. The second-order valence-electron chi connectivity index (χ2n) is 4.52. The van der Waals surface area contributed by atoms with Crippen molar-refractivity contribution in [3.63, 3.8) is 0 Å². The van der Waals surface area contributed by atoms with E-state index >= 15 is 0 Å². The third-order valence-corrected chi connectivity index (χ3v) is 3.85. The van der Waals surface area contributed by atoms with Crippen LogP contribution < -0.4 is 10.9 Å². The van der Waals surface area contributed by atoms with Gasteiger partial charge in [0.2, 0.25) is 0 Å². The average Bonchev–Trinajstić information content (AvgIpc) is 2.43. The Bertz CT molecular complexity index is 598. The summed E-state index contributed by atoms with van der Waals surface area (Å²) in [6, 6.07) is 12.1. The zero-order chi connectivity index (χ0) is 14.4. The monoisotopic (exact) mass is 289 g/mol. The van der Waals surface area contributed by atoms with Crippen molar-refractivity contribution in [2.45, 2.75) is 25.0 Å². The first-order valence-corrected chi connectivity index (χ1v) is 7.66. The van der Waals surface area contributed by atoms with E-state index in [1.54, 1.807) is 11.8 Å². The molecule has 106 valence electrons. The molecule has 2 aromatic rings. The molecule has 0 aliphatic carbocycles. The number of aromatic nitrogens is 2. The van der Waals surface area contributed by atoms with Crippen LogP contribution in [0.5, 0.6) is 0 Å². The minimum absolute atomic E-state index is 0.0975. The highest BCUT2D eigenvalue weighted by Crippen LogP contribution is 2.21. The molecule has 1 heterocycles. The summed E-state index contributed by atoms with van der Waals surface area (Å²) in [6.07, 6.45) is 0. The molecular weight excluding hydrogens is 270 g/mol. The summed E-state index contributed by atoms with van der Waals surface area (Å²) in [4.78, 5) is 18.5. The molecule has 1 atom stereocenters. The van der Waals surface area contributed by atoms with Gasteiger partial charge < -0.3 is 10.3 Å². The van der Waals surface area contributed by atoms with E-state index < -0.39 is 0 Å². The summed E-state index contributed by atoms with van der Waals surface area (Å²) in [6.45, 7) is 4.82. The van der Waals surface area contributed by atoms with Crippen molar-refractivity contribution in [1.82, 2.24) is 15.3 Å². The summed E-state index contributed by atoms with van der Waals surface area (Å²) in [5, 5.41) is 4.13. The number of thioether (sulfide) groups is 1. The maximum Gasteiger partial charge on any atom is 0.251 e. The predicted molar refractivity (Wildman–Crippen MR) is 83.2 cm³/mol. The lowest BCUT2D eigenvalue weighted by atomic mass is 10.1. The van der Waals surface area contributed by atoms with Crippen LogP contribution in [0.25, 0.3) is 0 Å². The largest absolute Gasteiger partial charge is 0.309 e. The molecular formula is C15H19N3OS. The van der Waals surface area contributed by atoms with Crippen LogP contribution in [-0.4, -0.2) is 22.3 Å². The molecule has 0 spiro atoms. The number of nitrogens with one attached hydrogen (secondary N) is 2. The van der Waals surface area contributed by atoms with Gasteiger partial charge in [-0.3, -0.25) is 4.79 Å². The molecule has 4 nitrogen and oxygen atoms in total. The molecule has 0 fully saturated rings. The lowest BCUT2D eigenvalue weighted by Crippen LogP contribution is -2.23. The SMILES string of the molecule is CCNC(CSc1nc(C)cc(=O)[nH]1)c1ccccc1. The van der Waals surface area contributed by atoms with E-state index in [9.17, 15) is 4.79 Å². The van der Waals surface area contributed by atoms with Crippen molar-refractivity contribution in [3.8, 4) is 0 Å². The molecule has 0 aliphatic rings. The van der Waals surface area contributed by atoms with Crippen LogP contribution >= 0.6 is 11.8 Å². The molecule has 0 aliphatic heterocycles. The van der Waals surface area contributed by atoms with Gasteiger partial charge in [-0.05, 0) is 19.0 Å². The van der Waals surface area contributed by atoms with E-state index in [1.165, 1.54) is 11.6 Å². The van der Waals surface area contributed by atoms with Gasteiger partial charge in [-0.25, -0.2) is 4.98 Å². The van der Waals surface area contributed by atoms with Crippen LogP contribution in [-0.2, 0) is 0 Å². The average molecular weight is 289 g/mol. The van der Waals surface area contributed by atoms with Gasteiger partial charge in [-0.1, -0.05) is 49.0 Å². The van der Waals surface area contributed by atoms with Crippen LogP contribution in [0.1, 0.15) is 24.2 Å². The first-order valence-electron chi connectivity index (χ1n) is 6.68. The molecule has 0 saturated carbocycles. The van der Waals surface area contributed by atoms with Crippen LogP contribution in [0.2, 0.25) is 0 Å². The number of rotatable bonds is 6. The van der Waals surface area contributed by atoms with Gasteiger partial charge in [-0.15, -0.1) is 0 Å². The quantitative estimate of drug-likeness (QED) is 0.634. The highest BCUT2D eigenvalue weighted by Gasteiger charge is 2.11. The Morgan fingerprint density at radius 3 is 2.75 bits per heavy atom. The van der Waals surface area contributed by atoms with Gasteiger partial charge in [0.05, 0.1) is 0 Å². The molecule has 0 amide bonds. The van der Waals surface area contributed by atoms with E-state index in [-0.39, 0.29) is 11.6 Å². The van der Waals surface area contributed by atoms with Crippen molar-refractivity contribution in [2.75, 3.05) is 12.3 Å². The topological polar surface area (TPSA) is 57.8 Å². The summed E-state index contributed by atoms with van der Waals surface area (Å²) in [5.74, 6) is 0.824. The molecule has 2 rings (SSSR count). The Hall–Kier alpha value is -1.59. The number of benzene rings is 1. The molecule has 1 aromatic carbocycles. The zero-order valence-electron chi connectivity index (χ0n) is 11.7. The number of nitrogens with zero attached hydrogens (tertiary/aromatic N) is 1. The molecule has 5 heteroatoms. The lowest BCUT2D eigenvalue weighted by molar-refractivity contribution is 0.605. The number of hydrogen-bond donors (Lipinski definition) is 2. The lowest BCUT2D eigenvalue weighted by Gasteiger charge is -2.17. The Labute approximate surface area is 123 Å². The number of H-pyrrole nitrogens is 1. The fourth-order valence-electron chi connectivity index (χ4n) is 1.99. The highest BCUT2D eigenvalue weighted by atomic mass is 32.2. The van der Waals surface area contributed by atoms with Crippen LogP contribution in [0, 0.1) is 6.92 Å². The van der Waals surface area contributed by atoms with Crippen LogP contribution in [0.15, 0.2) is 46.3 Å². The van der Waals surface area contributed by atoms with Gasteiger partial charge in [0.25, 0.3) is 5.56 Å². The number of hydrogen-bond acceptors (Lipinski definition) is 4. The molecule has 0 saturated heterocycles. The fraction of sp³-hybridized carbons (Fsp3) is 0.333. The summed E-state index contributed by atoms with van der Waals surface area (Å²) in [5.41, 5.74) is 1.90. The predicted octanol–water partition coefficient (Wildman–Crippen LogP) is 2.52. The Balaban J connectivity index is 2.07. The van der Waals surface area contributed by atoms with Gasteiger partial charge in [0, 0.05) is 23.6 Å². The van der Waals surface area contributed by atoms with Crippen LogP contribution in [0.3, 0.4) is 0 Å². The Morgan fingerprint density at radius 2 is 2.10 bits per heavy atom. The maximum absolute atomic E-state index is 11.4. The molecule has 0 radical (unpaired) electrons. The fourth-order valence-corrected chi connectivity index (χ4v) is 3.00. The maximum atomic E-state index is 11.4. The van der Waals surface area contributed by atoms with Crippen LogP contribution in [0.4, 0.5) is 0 Å². The standard InChI is InChI=1S/C15H19N3OS/c1-3-16-13(12-7-5-4-6-8-12)10-20-15-17-11(2)9-14(19)18-15/h4-9,13,16H,3,10H2,1-2H3,(H,17,18,19). The minimum Gasteiger partial charge on any atom is -0.309 e. The molecule has 1 unspecified atom stereocenters. The second kappa shape index (κ2) is 7.26. The molecule has 2 N–H and O–H groups in total. The summed E-state index contributed by atoms with van der Waals surface area (Å²) >= 11 is 1.56. The smallest absolute Gasteiger partial charge is 0.251 e.